The zero-order valence-electron chi connectivity index (χ0n) is 12.4. The highest BCUT2D eigenvalue weighted by atomic mass is 16.5. The third kappa shape index (κ3) is 2.38. The van der Waals surface area contributed by atoms with E-state index in [-0.39, 0.29) is 0 Å². The zero-order valence-corrected chi connectivity index (χ0v) is 12.4. The molecule has 3 rings (SSSR count). The summed E-state index contributed by atoms with van der Waals surface area (Å²) in [6, 6.07) is 13.6. The fourth-order valence-corrected chi connectivity index (χ4v) is 3.14. The first-order valence-electron chi connectivity index (χ1n) is 7.21. The zero-order chi connectivity index (χ0) is 14.9. The lowest BCUT2D eigenvalue weighted by molar-refractivity contribution is 0.0615. The summed E-state index contributed by atoms with van der Waals surface area (Å²) in [6.07, 6.45) is 2.67. The molecule has 21 heavy (non-hydrogen) atoms. The van der Waals surface area contributed by atoms with E-state index in [0.717, 1.165) is 41.9 Å². The van der Waals surface area contributed by atoms with Gasteiger partial charge >= 0.3 is 0 Å². The van der Waals surface area contributed by atoms with Crippen LogP contribution < -0.4 is 9.47 Å². The highest BCUT2D eigenvalue weighted by Gasteiger charge is 2.36. The second kappa shape index (κ2) is 5.41. The van der Waals surface area contributed by atoms with Crippen LogP contribution in [0.1, 0.15) is 29.5 Å². The summed E-state index contributed by atoms with van der Waals surface area (Å²) in [5.74, 6) is 1.64. The molecule has 1 aliphatic carbocycles. The molecule has 0 heterocycles. The molecule has 0 amide bonds. The number of ether oxygens (including phenoxy) is 2. The number of fused-ring (bicyclic) bond motifs is 1. The van der Waals surface area contributed by atoms with Crippen molar-refractivity contribution in [1.82, 2.24) is 0 Å². The number of hydrogen-bond acceptors (Lipinski definition) is 3. The van der Waals surface area contributed by atoms with Gasteiger partial charge in [-0.05, 0) is 60.2 Å². The van der Waals surface area contributed by atoms with Gasteiger partial charge in [0.2, 0.25) is 0 Å². The summed E-state index contributed by atoms with van der Waals surface area (Å²) < 4.78 is 10.5. The fraction of sp³-hybridized carbons (Fsp3) is 0.333. The lowest BCUT2D eigenvalue weighted by Gasteiger charge is -2.35. The van der Waals surface area contributed by atoms with Crippen LogP contribution in [0.15, 0.2) is 42.5 Å². The fourth-order valence-electron chi connectivity index (χ4n) is 3.14. The summed E-state index contributed by atoms with van der Waals surface area (Å²) in [6.45, 7) is 0. The number of methoxy groups -OCH3 is 2. The summed E-state index contributed by atoms with van der Waals surface area (Å²) in [7, 11) is 3.31. The predicted molar refractivity (Wildman–Crippen MR) is 81.9 cm³/mol. The van der Waals surface area contributed by atoms with Gasteiger partial charge in [-0.25, -0.2) is 0 Å². The largest absolute Gasteiger partial charge is 0.497 e. The average Bonchev–Trinajstić information content (AvgIpc) is 2.54. The Morgan fingerprint density at radius 3 is 2.29 bits per heavy atom. The molecule has 0 saturated heterocycles. The first kappa shape index (κ1) is 14.0. The Morgan fingerprint density at radius 2 is 1.62 bits per heavy atom. The molecule has 2 aromatic rings. The standard InChI is InChI=1S/C18H20O3/c1-20-15-7-5-14(6-8-15)18(19)11-3-4-13-12-16(21-2)9-10-17(13)18/h5-10,12,19H,3-4,11H2,1-2H3/t18-/m0/s1. The van der Waals surface area contributed by atoms with E-state index < -0.39 is 5.60 Å². The summed E-state index contributed by atoms with van der Waals surface area (Å²) in [4.78, 5) is 0. The molecule has 3 nitrogen and oxygen atoms in total. The Balaban J connectivity index is 2.05. The van der Waals surface area contributed by atoms with Crippen molar-refractivity contribution in [2.24, 2.45) is 0 Å². The van der Waals surface area contributed by atoms with Crippen LogP contribution >= 0.6 is 0 Å². The van der Waals surface area contributed by atoms with Crippen LogP contribution in [0, 0.1) is 0 Å². The molecule has 0 unspecified atom stereocenters. The quantitative estimate of drug-likeness (QED) is 0.940. The SMILES string of the molecule is COc1ccc([C@@]2(O)CCCc3cc(OC)ccc32)cc1. The molecule has 1 N–H and O–H groups in total. The molecule has 0 fully saturated rings. The van der Waals surface area contributed by atoms with E-state index in [9.17, 15) is 5.11 Å². The van der Waals surface area contributed by atoms with Crippen molar-refractivity contribution in [3.63, 3.8) is 0 Å². The highest BCUT2D eigenvalue weighted by Crippen LogP contribution is 2.41. The van der Waals surface area contributed by atoms with Gasteiger partial charge in [-0.3, -0.25) is 0 Å². The van der Waals surface area contributed by atoms with Gasteiger partial charge in [-0.1, -0.05) is 18.2 Å². The van der Waals surface area contributed by atoms with Crippen molar-refractivity contribution in [3.05, 3.63) is 59.2 Å². The minimum Gasteiger partial charge on any atom is -0.497 e. The van der Waals surface area contributed by atoms with Gasteiger partial charge in [0.15, 0.2) is 0 Å². The lowest BCUT2D eigenvalue weighted by Crippen LogP contribution is -2.31. The Labute approximate surface area is 125 Å². The van der Waals surface area contributed by atoms with Crippen LogP contribution in [-0.4, -0.2) is 19.3 Å². The van der Waals surface area contributed by atoms with E-state index in [1.165, 1.54) is 5.56 Å². The molecule has 0 aromatic heterocycles. The number of hydrogen-bond donors (Lipinski definition) is 1. The maximum absolute atomic E-state index is 11.2. The van der Waals surface area contributed by atoms with E-state index in [1.807, 2.05) is 42.5 Å². The number of aliphatic hydroxyl groups is 1. The molecular formula is C18H20O3. The van der Waals surface area contributed by atoms with Crippen LogP contribution in [0.3, 0.4) is 0 Å². The minimum absolute atomic E-state index is 0.735. The van der Waals surface area contributed by atoms with Gasteiger partial charge in [0, 0.05) is 0 Å². The molecule has 0 saturated carbocycles. The van der Waals surface area contributed by atoms with Gasteiger partial charge in [-0.2, -0.15) is 0 Å². The normalized spacial score (nSPS) is 20.7. The predicted octanol–water partition coefficient (Wildman–Crippen LogP) is 3.28. The first-order chi connectivity index (χ1) is 10.2. The smallest absolute Gasteiger partial charge is 0.119 e. The molecule has 0 bridgehead atoms. The van der Waals surface area contributed by atoms with Gasteiger partial charge in [-0.15, -0.1) is 0 Å². The van der Waals surface area contributed by atoms with Crippen molar-refractivity contribution in [2.45, 2.75) is 24.9 Å². The molecule has 1 aliphatic rings. The van der Waals surface area contributed by atoms with Crippen LogP contribution in [0.5, 0.6) is 11.5 Å². The molecule has 0 radical (unpaired) electrons. The van der Waals surface area contributed by atoms with Gasteiger partial charge < -0.3 is 14.6 Å². The molecule has 2 aromatic carbocycles. The van der Waals surface area contributed by atoms with Crippen LogP contribution in [0.25, 0.3) is 0 Å². The van der Waals surface area contributed by atoms with E-state index >= 15 is 0 Å². The molecular weight excluding hydrogens is 264 g/mol. The summed E-state index contributed by atoms with van der Waals surface area (Å²) >= 11 is 0. The number of rotatable bonds is 3. The van der Waals surface area contributed by atoms with Gasteiger partial charge in [0.25, 0.3) is 0 Å². The second-order valence-corrected chi connectivity index (χ2v) is 5.47. The van der Waals surface area contributed by atoms with Crippen LogP contribution in [0.2, 0.25) is 0 Å². The maximum Gasteiger partial charge on any atom is 0.119 e. The van der Waals surface area contributed by atoms with Gasteiger partial charge in [0.05, 0.1) is 14.2 Å². The first-order valence-corrected chi connectivity index (χ1v) is 7.21. The van der Waals surface area contributed by atoms with Crippen LogP contribution in [-0.2, 0) is 12.0 Å². The number of benzene rings is 2. The van der Waals surface area contributed by atoms with E-state index in [2.05, 4.69) is 0 Å². The Morgan fingerprint density at radius 1 is 0.952 bits per heavy atom. The second-order valence-electron chi connectivity index (χ2n) is 5.47. The monoisotopic (exact) mass is 284 g/mol. The van der Waals surface area contributed by atoms with E-state index in [0.29, 0.717) is 0 Å². The third-order valence-corrected chi connectivity index (χ3v) is 4.31. The summed E-state index contributed by atoms with van der Waals surface area (Å²) in [5.41, 5.74) is 2.14. The topological polar surface area (TPSA) is 38.7 Å². The third-order valence-electron chi connectivity index (χ3n) is 4.31. The molecule has 0 aliphatic heterocycles. The van der Waals surface area contributed by atoms with E-state index in [4.69, 9.17) is 9.47 Å². The van der Waals surface area contributed by atoms with Crippen LogP contribution in [0.4, 0.5) is 0 Å². The van der Waals surface area contributed by atoms with E-state index in [1.54, 1.807) is 14.2 Å². The molecule has 1 atom stereocenters. The maximum atomic E-state index is 11.2. The Hall–Kier alpha value is -2.00. The lowest BCUT2D eigenvalue weighted by atomic mass is 9.75. The Kier molecular flexibility index (Phi) is 3.60. The highest BCUT2D eigenvalue weighted by molar-refractivity contribution is 5.47. The van der Waals surface area contributed by atoms with Crippen molar-refractivity contribution in [1.29, 1.82) is 0 Å². The van der Waals surface area contributed by atoms with Crippen molar-refractivity contribution >= 4 is 0 Å². The minimum atomic E-state index is -0.924. The Bertz CT molecular complexity index is 633. The average molecular weight is 284 g/mol. The van der Waals surface area contributed by atoms with Crippen molar-refractivity contribution in [2.75, 3.05) is 14.2 Å². The van der Waals surface area contributed by atoms with Crippen molar-refractivity contribution in [3.8, 4) is 11.5 Å². The molecule has 110 valence electrons. The van der Waals surface area contributed by atoms with Crippen molar-refractivity contribution < 1.29 is 14.6 Å². The number of aryl methyl sites for hydroxylation is 1. The molecule has 3 heteroatoms. The summed E-state index contributed by atoms with van der Waals surface area (Å²) in [5, 5.41) is 11.2. The molecule has 0 spiro atoms. The van der Waals surface area contributed by atoms with Gasteiger partial charge in [0.1, 0.15) is 17.1 Å².